The predicted octanol–water partition coefficient (Wildman–Crippen LogP) is 2.58. The molecule has 2 N–H and O–H groups in total. The molecule has 0 fully saturated rings. The molecule has 0 heterocycles. The molecule has 1 amide bonds. The second kappa shape index (κ2) is 6.94. The maximum absolute atomic E-state index is 11.9. The molecule has 0 radical (unpaired) electrons. The SMILES string of the molecule is CC(CC(=O)N(C)CCC(N)=S)CC(C)(C)C. The van der Waals surface area contributed by atoms with Crippen molar-refractivity contribution in [1.29, 1.82) is 0 Å². The summed E-state index contributed by atoms with van der Waals surface area (Å²) in [5, 5.41) is 0. The highest BCUT2D eigenvalue weighted by Gasteiger charge is 2.19. The lowest BCUT2D eigenvalue weighted by Crippen LogP contribution is -2.31. The first-order chi connectivity index (χ1) is 7.61. The first-order valence-electron chi connectivity index (χ1n) is 6.14. The van der Waals surface area contributed by atoms with Gasteiger partial charge in [-0.3, -0.25) is 4.79 Å². The zero-order valence-corrected chi connectivity index (χ0v) is 12.6. The summed E-state index contributed by atoms with van der Waals surface area (Å²) in [5.41, 5.74) is 5.69. The van der Waals surface area contributed by atoms with Gasteiger partial charge in [0, 0.05) is 26.4 Å². The van der Waals surface area contributed by atoms with Crippen LogP contribution in [0.25, 0.3) is 0 Å². The van der Waals surface area contributed by atoms with Gasteiger partial charge in [-0.2, -0.15) is 0 Å². The number of nitrogens with zero attached hydrogens (tertiary/aromatic N) is 1. The molecule has 0 rings (SSSR count). The molecule has 0 aromatic heterocycles. The van der Waals surface area contributed by atoms with Crippen molar-refractivity contribution < 1.29 is 4.79 Å². The molecule has 17 heavy (non-hydrogen) atoms. The van der Waals surface area contributed by atoms with Crippen LogP contribution >= 0.6 is 12.2 Å². The number of rotatable bonds is 6. The Labute approximate surface area is 111 Å². The minimum atomic E-state index is 0.179. The van der Waals surface area contributed by atoms with E-state index in [2.05, 4.69) is 27.7 Å². The van der Waals surface area contributed by atoms with Crippen molar-refractivity contribution >= 4 is 23.1 Å². The van der Waals surface area contributed by atoms with E-state index in [-0.39, 0.29) is 11.3 Å². The van der Waals surface area contributed by atoms with Crippen LogP contribution in [0.15, 0.2) is 0 Å². The Morgan fingerprint density at radius 2 is 1.94 bits per heavy atom. The van der Waals surface area contributed by atoms with E-state index in [0.717, 1.165) is 6.42 Å². The number of hydrogen-bond acceptors (Lipinski definition) is 2. The maximum Gasteiger partial charge on any atom is 0.222 e. The molecular formula is C13H26N2OS. The molecule has 0 bridgehead atoms. The first-order valence-corrected chi connectivity index (χ1v) is 6.55. The van der Waals surface area contributed by atoms with Gasteiger partial charge in [-0.1, -0.05) is 39.9 Å². The minimum absolute atomic E-state index is 0.179. The highest BCUT2D eigenvalue weighted by molar-refractivity contribution is 7.80. The quantitative estimate of drug-likeness (QED) is 0.745. The van der Waals surface area contributed by atoms with E-state index in [1.807, 2.05) is 7.05 Å². The highest BCUT2D eigenvalue weighted by atomic mass is 32.1. The summed E-state index contributed by atoms with van der Waals surface area (Å²) in [7, 11) is 1.81. The smallest absolute Gasteiger partial charge is 0.222 e. The van der Waals surface area contributed by atoms with Crippen molar-refractivity contribution in [3.8, 4) is 0 Å². The van der Waals surface area contributed by atoms with E-state index < -0.39 is 0 Å². The van der Waals surface area contributed by atoms with Gasteiger partial charge in [0.25, 0.3) is 0 Å². The molecule has 0 aliphatic heterocycles. The number of carbonyl (C=O) groups excluding carboxylic acids is 1. The number of hydrogen-bond donors (Lipinski definition) is 1. The van der Waals surface area contributed by atoms with Crippen LogP contribution in [0.2, 0.25) is 0 Å². The third-order valence-corrected chi connectivity index (χ3v) is 2.81. The van der Waals surface area contributed by atoms with Crippen LogP contribution in [0.5, 0.6) is 0 Å². The molecular weight excluding hydrogens is 232 g/mol. The van der Waals surface area contributed by atoms with Gasteiger partial charge in [-0.15, -0.1) is 0 Å². The second-order valence-corrected chi connectivity index (χ2v) is 6.63. The van der Waals surface area contributed by atoms with Gasteiger partial charge in [0.15, 0.2) is 0 Å². The Bertz CT molecular complexity index is 271. The van der Waals surface area contributed by atoms with Crippen LogP contribution in [0.1, 0.15) is 47.0 Å². The summed E-state index contributed by atoms with van der Waals surface area (Å²) in [6, 6.07) is 0. The minimum Gasteiger partial charge on any atom is -0.393 e. The molecule has 0 aromatic carbocycles. The Kier molecular flexibility index (Phi) is 6.68. The molecule has 1 atom stereocenters. The summed E-state index contributed by atoms with van der Waals surface area (Å²) < 4.78 is 0. The molecule has 1 unspecified atom stereocenters. The summed E-state index contributed by atoms with van der Waals surface area (Å²) >= 11 is 4.80. The lowest BCUT2D eigenvalue weighted by Gasteiger charge is -2.24. The van der Waals surface area contributed by atoms with Gasteiger partial charge < -0.3 is 10.6 Å². The third-order valence-electron chi connectivity index (χ3n) is 2.60. The monoisotopic (exact) mass is 258 g/mol. The maximum atomic E-state index is 11.9. The van der Waals surface area contributed by atoms with Crippen LogP contribution in [-0.4, -0.2) is 29.4 Å². The van der Waals surface area contributed by atoms with Crippen LogP contribution in [-0.2, 0) is 4.79 Å². The van der Waals surface area contributed by atoms with Gasteiger partial charge >= 0.3 is 0 Å². The van der Waals surface area contributed by atoms with Crippen molar-refractivity contribution in [1.82, 2.24) is 4.90 Å². The molecule has 100 valence electrons. The van der Waals surface area contributed by atoms with E-state index in [0.29, 0.717) is 30.3 Å². The average molecular weight is 258 g/mol. The molecule has 4 heteroatoms. The highest BCUT2D eigenvalue weighted by Crippen LogP contribution is 2.26. The summed E-state index contributed by atoms with van der Waals surface area (Å²) in [6.45, 7) is 9.35. The van der Waals surface area contributed by atoms with E-state index in [9.17, 15) is 4.79 Å². The molecule has 0 spiro atoms. The van der Waals surface area contributed by atoms with Crippen LogP contribution in [0, 0.1) is 11.3 Å². The number of thiocarbonyl (C=S) groups is 1. The fourth-order valence-electron chi connectivity index (χ4n) is 1.97. The lowest BCUT2D eigenvalue weighted by atomic mass is 9.84. The zero-order chi connectivity index (χ0) is 13.6. The topological polar surface area (TPSA) is 46.3 Å². The van der Waals surface area contributed by atoms with E-state index in [1.165, 1.54) is 0 Å². The molecule has 0 saturated heterocycles. The largest absolute Gasteiger partial charge is 0.393 e. The molecule has 0 aliphatic rings. The summed E-state index contributed by atoms with van der Waals surface area (Å²) in [6.07, 6.45) is 2.26. The van der Waals surface area contributed by atoms with Gasteiger partial charge in [0.2, 0.25) is 5.91 Å². The number of amides is 1. The zero-order valence-electron chi connectivity index (χ0n) is 11.7. The van der Waals surface area contributed by atoms with E-state index >= 15 is 0 Å². The van der Waals surface area contributed by atoms with Crippen molar-refractivity contribution in [3.63, 3.8) is 0 Å². The lowest BCUT2D eigenvalue weighted by molar-refractivity contribution is -0.130. The van der Waals surface area contributed by atoms with Crippen LogP contribution < -0.4 is 5.73 Å². The van der Waals surface area contributed by atoms with Gasteiger partial charge in [-0.05, 0) is 17.8 Å². The molecule has 0 saturated carbocycles. The summed E-state index contributed by atoms with van der Waals surface area (Å²) in [5.74, 6) is 0.591. The normalized spacial score (nSPS) is 13.2. The van der Waals surface area contributed by atoms with Crippen molar-refractivity contribution in [3.05, 3.63) is 0 Å². The molecule has 0 aromatic rings. The van der Waals surface area contributed by atoms with E-state index in [1.54, 1.807) is 4.90 Å². The number of carbonyl (C=O) groups is 1. The first kappa shape index (κ1) is 16.4. The van der Waals surface area contributed by atoms with Crippen LogP contribution in [0.3, 0.4) is 0 Å². The second-order valence-electron chi connectivity index (χ2n) is 6.11. The predicted molar refractivity (Wildman–Crippen MR) is 76.9 cm³/mol. The average Bonchev–Trinajstić information content (AvgIpc) is 2.10. The fourth-order valence-corrected chi connectivity index (χ4v) is 2.07. The summed E-state index contributed by atoms with van der Waals surface area (Å²) in [4.78, 5) is 14.1. The molecule has 3 nitrogen and oxygen atoms in total. The van der Waals surface area contributed by atoms with Crippen molar-refractivity contribution in [2.75, 3.05) is 13.6 Å². The Hall–Kier alpha value is -0.640. The van der Waals surface area contributed by atoms with Crippen LogP contribution in [0.4, 0.5) is 0 Å². The number of nitrogens with two attached hydrogens (primary N) is 1. The van der Waals surface area contributed by atoms with Gasteiger partial charge in [0.05, 0.1) is 4.99 Å². The Morgan fingerprint density at radius 3 is 2.35 bits per heavy atom. The van der Waals surface area contributed by atoms with Gasteiger partial charge in [-0.25, -0.2) is 0 Å². The van der Waals surface area contributed by atoms with Gasteiger partial charge in [0.1, 0.15) is 0 Å². The van der Waals surface area contributed by atoms with Crippen molar-refractivity contribution in [2.45, 2.75) is 47.0 Å². The standard InChI is InChI=1S/C13H26N2OS/c1-10(9-13(2,3)4)8-12(16)15(5)7-6-11(14)17/h10H,6-9H2,1-5H3,(H2,14,17). The van der Waals surface area contributed by atoms with E-state index in [4.69, 9.17) is 18.0 Å². The third kappa shape index (κ3) is 9.10. The van der Waals surface area contributed by atoms with Crippen molar-refractivity contribution in [2.24, 2.45) is 17.1 Å². The molecule has 0 aliphatic carbocycles. The Balaban J connectivity index is 4.03. The fraction of sp³-hybridized carbons (Fsp3) is 0.846. The Morgan fingerprint density at radius 1 is 1.41 bits per heavy atom.